The normalized spacial score (nSPS) is 21.1. The summed E-state index contributed by atoms with van der Waals surface area (Å²) in [6.45, 7) is 3.53. The van der Waals surface area contributed by atoms with E-state index in [0.29, 0.717) is 12.6 Å². The van der Waals surface area contributed by atoms with Gasteiger partial charge in [0, 0.05) is 30.6 Å². The molecule has 0 unspecified atom stereocenters. The van der Waals surface area contributed by atoms with E-state index in [1.807, 2.05) is 31.2 Å². The number of benzene rings is 1. The van der Waals surface area contributed by atoms with Crippen molar-refractivity contribution in [1.82, 2.24) is 10.6 Å². The Kier molecular flexibility index (Phi) is 6.42. The van der Waals surface area contributed by atoms with E-state index >= 15 is 0 Å². The summed E-state index contributed by atoms with van der Waals surface area (Å²) in [6.07, 6.45) is 5.06. The third-order valence-electron chi connectivity index (χ3n) is 4.23. The summed E-state index contributed by atoms with van der Waals surface area (Å²) >= 11 is 0. The van der Waals surface area contributed by atoms with Gasteiger partial charge in [0.05, 0.1) is 6.07 Å². The van der Waals surface area contributed by atoms with E-state index < -0.39 is 0 Å². The van der Waals surface area contributed by atoms with Crippen LogP contribution in [0.4, 0.5) is 0 Å². The van der Waals surface area contributed by atoms with Crippen LogP contribution in [0.25, 0.3) is 0 Å². The maximum atomic E-state index is 12.0. The second-order valence-corrected chi connectivity index (χ2v) is 6.01. The zero-order valence-electron chi connectivity index (χ0n) is 13.3. The van der Waals surface area contributed by atoms with Crippen molar-refractivity contribution in [3.63, 3.8) is 0 Å². The molecule has 0 saturated heterocycles. The monoisotopic (exact) mass is 299 g/mol. The molecule has 2 rings (SSSR count). The van der Waals surface area contributed by atoms with Crippen molar-refractivity contribution in [2.75, 3.05) is 6.54 Å². The molecule has 1 amide bonds. The largest absolute Gasteiger partial charge is 0.352 e. The first-order chi connectivity index (χ1) is 10.7. The lowest BCUT2D eigenvalue weighted by Gasteiger charge is -2.25. The standard InChI is InChI=1S/C18H25N3O/c1-2-10-20-18(22)16-5-3-4-15(11-16)13-21-17-8-6-14(12-19)7-9-17/h3-5,11,14,17,21H,2,6-10,13H2,1H3,(H,20,22). The van der Waals surface area contributed by atoms with Crippen LogP contribution in [0.1, 0.15) is 54.9 Å². The fourth-order valence-corrected chi connectivity index (χ4v) is 2.85. The van der Waals surface area contributed by atoms with Crippen LogP contribution in [0.15, 0.2) is 24.3 Å². The number of amides is 1. The van der Waals surface area contributed by atoms with Crippen LogP contribution in [0.3, 0.4) is 0 Å². The molecular weight excluding hydrogens is 274 g/mol. The molecule has 1 aromatic carbocycles. The fourth-order valence-electron chi connectivity index (χ4n) is 2.85. The Morgan fingerprint density at radius 3 is 2.77 bits per heavy atom. The molecule has 0 bridgehead atoms. The van der Waals surface area contributed by atoms with E-state index in [9.17, 15) is 4.79 Å². The zero-order chi connectivity index (χ0) is 15.8. The number of rotatable bonds is 6. The van der Waals surface area contributed by atoms with Crippen LogP contribution < -0.4 is 10.6 Å². The fraction of sp³-hybridized carbons (Fsp3) is 0.556. The molecule has 2 N–H and O–H groups in total. The van der Waals surface area contributed by atoms with Gasteiger partial charge in [0.25, 0.3) is 5.91 Å². The molecule has 4 heteroatoms. The Bertz CT molecular complexity index is 527. The average molecular weight is 299 g/mol. The van der Waals surface area contributed by atoms with Crippen molar-refractivity contribution in [3.05, 3.63) is 35.4 Å². The van der Waals surface area contributed by atoms with Gasteiger partial charge in [0.15, 0.2) is 0 Å². The topological polar surface area (TPSA) is 64.9 Å². The lowest BCUT2D eigenvalue weighted by molar-refractivity contribution is 0.0953. The molecule has 1 aliphatic carbocycles. The van der Waals surface area contributed by atoms with Crippen LogP contribution in [0.5, 0.6) is 0 Å². The van der Waals surface area contributed by atoms with E-state index in [2.05, 4.69) is 16.7 Å². The third kappa shape index (κ3) is 4.85. The van der Waals surface area contributed by atoms with Gasteiger partial charge >= 0.3 is 0 Å². The Labute approximate surface area is 132 Å². The molecule has 22 heavy (non-hydrogen) atoms. The van der Waals surface area contributed by atoms with Gasteiger partial charge in [-0.05, 0) is 49.8 Å². The van der Waals surface area contributed by atoms with Crippen LogP contribution >= 0.6 is 0 Å². The SMILES string of the molecule is CCCNC(=O)c1cccc(CNC2CCC(C#N)CC2)c1. The highest BCUT2D eigenvalue weighted by Gasteiger charge is 2.20. The van der Waals surface area contributed by atoms with Crippen molar-refractivity contribution < 1.29 is 4.79 Å². The molecule has 1 saturated carbocycles. The molecule has 0 heterocycles. The van der Waals surface area contributed by atoms with Gasteiger partial charge in [0.1, 0.15) is 0 Å². The molecule has 1 aliphatic rings. The van der Waals surface area contributed by atoms with E-state index in [-0.39, 0.29) is 11.8 Å². The molecular formula is C18H25N3O. The molecule has 0 atom stereocenters. The minimum absolute atomic E-state index is 0.00164. The predicted molar refractivity (Wildman–Crippen MR) is 87.3 cm³/mol. The Morgan fingerprint density at radius 2 is 2.09 bits per heavy atom. The van der Waals surface area contributed by atoms with Crippen LogP contribution in [0, 0.1) is 17.2 Å². The van der Waals surface area contributed by atoms with Gasteiger partial charge in [-0.25, -0.2) is 0 Å². The summed E-state index contributed by atoms with van der Waals surface area (Å²) in [6, 6.07) is 10.6. The Hall–Kier alpha value is -1.86. The number of hydrogen-bond acceptors (Lipinski definition) is 3. The Balaban J connectivity index is 1.83. The summed E-state index contributed by atoms with van der Waals surface area (Å²) in [5.74, 6) is 0.238. The van der Waals surface area contributed by atoms with Crippen molar-refractivity contribution in [2.24, 2.45) is 5.92 Å². The number of nitrogens with one attached hydrogen (secondary N) is 2. The molecule has 0 aliphatic heterocycles. The number of carbonyl (C=O) groups is 1. The van der Waals surface area contributed by atoms with Crippen LogP contribution in [-0.2, 0) is 6.54 Å². The van der Waals surface area contributed by atoms with Crippen molar-refractivity contribution in [1.29, 1.82) is 5.26 Å². The number of hydrogen-bond donors (Lipinski definition) is 2. The van der Waals surface area contributed by atoms with Gasteiger partial charge in [-0.1, -0.05) is 19.1 Å². The lowest BCUT2D eigenvalue weighted by Crippen LogP contribution is -2.32. The lowest BCUT2D eigenvalue weighted by atomic mass is 9.87. The van der Waals surface area contributed by atoms with Gasteiger partial charge in [-0.15, -0.1) is 0 Å². The van der Waals surface area contributed by atoms with Crippen molar-refractivity contribution in [2.45, 2.75) is 51.6 Å². The second-order valence-electron chi connectivity index (χ2n) is 6.01. The van der Waals surface area contributed by atoms with Gasteiger partial charge in [-0.3, -0.25) is 4.79 Å². The maximum Gasteiger partial charge on any atom is 0.251 e. The summed E-state index contributed by atoms with van der Waals surface area (Å²) in [7, 11) is 0. The highest BCUT2D eigenvalue weighted by atomic mass is 16.1. The minimum atomic E-state index is -0.00164. The van der Waals surface area contributed by atoms with Crippen LogP contribution in [0.2, 0.25) is 0 Å². The molecule has 0 radical (unpaired) electrons. The van der Waals surface area contributed by atoms with E-state index in [1.54, 1.807) is 0 Å². The number of nitriles is 1. The molecule has 1 fully saturated rings. The van der Waals surface area contributed by atoms with E-state index in [1.165, 1.54) is 0 Å². The quantitative estimate of drug-likeness (QED) is 0.848. The van der Waals surface area contributed by atoms with E-state index in [0.717, 1.165) is 49.8 Å². The molecule has 118 valence electrons. The van der Waals surface area contributed by atoms with Crippen molar-refractivity contribution in [3.8, 4) is 6.07 Å². The summed E-state index contributed by atoms with van der Waals surface area (Å²) < 4.78 is 0. The predicted octanol–water partition coefficient (Wildman–Crippen LogP) is 3.00. The molecule has 0 spiro atoms. The molecule has 0 aromatic heterocycles. The highest BCUT2D eigenvalue weighted by Crippen LogP contribution is 2.23. The van der Waals surface area contributed by atoms with E-state index in [4.69, 9.17) is 5.26 Å². The first kappa shape index (κ1) is 16.5. The summed E-state index contributed by atoms with van der Waals surface area (Å²) in [5.41, 5.74) is 1.85. The average Bonchev–Trinajstić information content (AvgIpc) is 2.58. The third-order valence-corrected chi connectivity index (χ3v) is 4.23. The molecule has 1 aromatic rings. The highest BCUT2D eigenvalue weighted by molar-refractivity contribution is 5.94. The minimum Gasteiger partial charge on any atom is -0.352 e. The zero-order valence-corrected chi connectivity index (χ0v) is 13.3. The second kappa shape index (κ2) is 8.55. The molecule has 4 nitrogen and oxygen atoms in total. The first-order valence-corrected chi connectivity index (χ1v) is 8.23. The smallest absolute Gasteiger partial charge is 0.251 e. The van der Waals surface area contributed by atoms with Gasteiger partial charge in [-0.2, -0.15) is 5.26 Å². The Morgan fingerprint density at radius 1 is 1.32 bits per heavy atom. The van der Waals surface area contributed by atoms with Crippen molar-refractivity contribution >= 4 is 5.91 Å². The first-order valence-electron chi connectivity index (χ1n) is 8.23. The number of nitrogens with zero attached hydrogens (tertiary/aromatic N) is 1. The van der Waals surface area contributed by atoms with Gasteiger partial charge in [0.2, 0.25) is 0 Å². The summed E-state index contributed by atoms with van der Waals surface area (Å²) in [4.78, 5) is 12.0. The number of carbonyl (C=O) groups excluding carboxylic acids is 1. The summed E-state index contributed by atoms with van der Waals surface area (Å²) in [5, 5.41) is 15.4. The van der Waals surface area contributed by atoms with Gasteiger partial charge < -0.3 is 10.6 Å². The maximum absolute atomic E-state index is 12.0. The van der Waals surface area contributed by atoms with Crippen LogP contribution in [-0.4, -0.2) is 18.5 Å².